The lowest BCUT2D eigenvalue weighted by Gasteiger charge is -2.33. The van der Waals surface area contributed by atoms with E-state index in [1.165, 1.54) is 5.56 Å². The van der Waals surface area contributed by atoms with E-state index in [0.29, 0.717) is 5.92 Å². The van der Waals surface area contributed by atoms with Crippen molar-refractivity contribution in [3.63, 3.8) is 0 Å². The maximum atomic E-state index is 9.43. The Morgan fingerprint density at radius 2 is 1.75 bits per heavy atom. The molecule has 1 aliphatic heterocycles. The molecule has 1 fully saturated rings. The summed E-state index contributed by atoms with van der Waals surface area (Å²) in [5, 5.41) is 10.2. The molecule has 3 atom stereocenters. The highest BCUT2D eigenvalue weighted by Crippen LogP contribution is 2.36. The van der Waals surface area contributed by atoms with Crippen molar-refractivity contribution in [3.05, 3.63) is 64.2 Å². The van der Waals surface area contributed by atoms with Crippen molar-refractivity contribution in [2.75, 3.05) is 6.61 Å². The van der Waals surface area contributed by atoms with Gasteiger partial charge in [-0.15, -0.1) is 12.8 Å². The van der Waals surface area contributed by atoms with E-state index in [4.69, 9.17) is 24.2 Å². The fraction of sp³-hybridized carbons (Fsp3) is 0.417. The van der Waals surface area contributed by atoms with Crippen LogP contribution in [0.5, 0.6) is 0 Å². The van der Waals surface area contributed by atoms with Crippen LogP contribution in [0.25, 0.3) is 0 Å². The average molecular weight is 397 g/mol. The second-order valence-electron chi connectivity index (χ2n) is 6.78. The van der Waals surface area contributed by atoms with E-state index < -0.39 is 0 Å². The van der Waals surface area contributed by atoms with Crippen LogP contribution in [-0.2, 0) is 11.2 Å². The van der Waals surface area contributed by atoms with Crippen LogP contribution in [-0.4, -0.2) is 25.7 Å². The summed E-state index contributed by atoms with van der Waals surface area (Å²) in [6, 6.07) is 14.0. The lowest BCUT2D eigenvalue weighted by molar-refractivity contribution is -0.0900. The number of ether oxygens (including phenoxy) is 1. The molecule has 4 heteroatoms. The van der Waals surface area contributed by atoms with Crippen LogP contribution in [0.1, 0.15) is 56.4 Å². The van der Waals surface area contributed by atoms with Gasteiger partial charge in [-0.3, -0.25) is 0 Å². The first-order valence-corrected chi connectivity index (χ1v) is 10.2. The molecule has 2 nitrogen and oxygen atoms in total. The Balaban J connectivity index is 0.000000921. The molecule has 2 radical (unpaired) electrons. The van der Waals surface area contributed by atoms with Gasteiger partial charge in [0.15, 0.2) is 0 Å². The van der Waals surface area contributed by atoms with Gasteiger partial charge in [-0.05, 0) is 47.9 Å². The van der Waals surface area contributed by atoms with E-state index in [1.54, 1.807) is 0 Å². The maximum absolute atomic E-state index is 9.43. The van der Waals surface area contributed by atoms with Crippen LogP contribution in [0.3, 0.4) is 0 Å². The third-order valence-corrected chi connectivity index (χ3v) is 5.03. The number of halogens is 1. The van der Waals surface area contributed by atoms with Gasteiger partial charge in [-0.2, -0.15) is 0 Å². The van der Waals surface area contributed by atoms with Gasteiger partial charge < -0.3 is 9.84 Å². The molecule has 148 valence electrons. The Kier molecular flexibility index (Phi) is 11.0. The minimum absolute atomic E-state index is 0.0216. The van der Waals surface area contributed by atoms with Gasteiger partial charge in [0.2, 0.25) is 0 Å². The lowest BCUT2D eigenvalue weighted by Crippen LogP contribution is -2.29. The van der Waals surface area contributed by atoms with E-state index in [9.17, 15) is 5.11 Å². The number of hydrogen-bond donors (Lipinski definition) is 1. The minimum atomic E-state index is -0.0741. The standard InChI is InChI=1S/C20H22BClO2.C2H6.C2H2/c1-13-8-18(12-23)24-20(9-13)15-4-7-19(22)16(11-15)10-14-2-5-17(21)6-3-14;2*1-2/h2-7,11,13,18,20,23H,8-10,12H2,1H3;1-2H3;1-2H/t13-,18-,20+;;/m0../s1. The Morgan fingerprint density at radius 3 is 2.36 bits per heavy atom. The Labute approximate surface area is 176 Å². The number of rotatable bonds is 4. The molecule has 1 saturated heterocycles. The molecule has 1 aliphatic rings. The molecule has 0 unspecified atom stereocenters. The molecule has 3 rings (SSSR count). The molecule has 0 bridgehead atoms. The summed E-state index contributed by atoms with van der Waals surface area (Å²) < 4.78 is 6.04. The number of aliphatic hydroxyl groups is 1. The predicted molar refractivity (Wildman–Crippen MR) is 120 cm³/mol. The molecule has 28 heavy (non-hydrogen) atoms. The van der Waals surface area contributed by atoms with Gasteiger partial charge in [-0.25, -0.2) is 0 Å². The molecule has 0 spiro atoms. The summed E-state index contributed by atoms with van der Waals surface area (Å²) in [7, 11) is 5.75. The first-order chi connectivity index (χ1) is 13.5. The number of aliphatic hydroxyl groups excluding tert-OH is 1. The van der Waals surface area contributed by atoms with Crippen LogP contribution in [0.15, 0.2) is 42.5 Å². The highest BCUT2D eigenvalue weighted by atomic mass is 35.5. The topological polar surface area (TPSA) is 29.5 Å². The SMILES string of the molecule is C#C.CC.[B]c1ccc(Cc2cc([C@H]3C[C@@H](C)C[C@@H](CO)O3)ccc2Cl)cc1. The fourth-order valence-corrected chi connectivity index (χ4v) is 3.56. The molecule has 2 aromatic carbocycles. The summed E-state index contributed by atoms with van der Waals surface area (Å²) in [6.45, 7) is 6.29. The molecule has 0 amide bonds. The average Bonchev–Trinajstić information content (AvgIpc) is 2.73. The van der Waals surface area contributed by atoms with Crippen LogP contribution >= 0.6 is 11.6 Å². The van der Waals surface area contributed by atoms with Crippen molar-refractivity contribution in [2.45, 2.75) is 52.2 Å². The van der Waals surface area contributed by atoms with E-state index in [0.717, 1.165) is 40.9 Å². The molecular weight excluding hydrogens is 367 g/mol. The van der Waals surface area contributed by atoms with Gasteiger partial charge in [-0.1, -0.05) is 74.2 Å². The molecule has 0 aromatic heterocycles. The van der Waals surface area contributed by atoms with Crippen LogP contribution < -0.4 is 5.46 Å². The fourth-order valence-electron chi connectivity index (χ4n) is 3.37. The molecule has 1 heterocycles. The highest BCUT2D eigenvalue weighted by molar-refractivity contribution is 6.32. The second kappa shape index (κ2) is 12.7. The van der Waals surface area contributed by atoms with Gasteiger partial charge in [0.25, 0.3) is 0 Å². The first-order valence-electron chi connectivity index (χ1n) is 9.77. The molecule has 0 aliphatic carbocycles. The predicted octanol–water partition coefficient (Wildman–Crippen LogP) is 4.85. The number of hydrogen-bond acceptors (Lipinski definition) is 2. The molecular formula is C24H30BClO2. The highest BCUT2D eigenvalue weighted by Gasteiger charge is 2.28. The number of terminal acetylenes is 1. The molecule has 2 aromatic rings. The summed E-state index contributed by atoms with van der Waals surface area (Å²) in [4.78, 5) is 0. The summed E-state index contributed by atoms with van der Waals surface area (Å²) >= 11 is 6.40. The van der Waals surface area contributed by atoms with Crippen LogP contribution in [0, 0.1) is 18.8 Å². The van der Waals surface area contributed by atoms with Gasteiger partial charge >= 0.3 is 0 Å². The number of benzene rings is 2. The van der Waals surface area contributed by atoms with Gasteiger partial charge in [0.05, 0.1) is 18.8 Å². The van der Waals surface area contributed by atoms with E-state index in [1.807, 2.05) is 50.2 Å². The van der Waals surface area contributed by atoms with Crippen LogP contribution in [0.2, 0.25) is 5.02 Å². The third-order valence-electron chi connectivity index (χ3n) is 4.66. The van der Waals surface area contributed by atoms with Crippen molar-refractivity contribution in [2.24, 2.45) is 5.92 Å². The smallest absolute Gasteiger partial charge is 0.113 e. The van der Waals surface area contributed by atoms with E-state index in [2.05, 4.69) is 25.8 Å². The van der Waals surface area contributed by atoms with Crippen molar-refractivity contribution < 1.29 is 9.84 Å². The molecule has 1 N–H and O–H groups in total. The van der Waals surface area contributed by atoms with E-state index in [-0.39, 0.29) is 18.8 Å². The van der Waals surface area contributed by atoms with Crippen molar-refractivity contribution >= 4 is 24.9 Å². The van der Waals surface area contributed by atoms with E-state index >= 15 is 0 Å². The van der Waals surface area contributed by atoms with Gasteiger partial charge in [0.1, 0.15) is 7.85 Å². The summed E-state index contributed by atoms with van der Waals surface area (Å²) in [6.07, 6.45) is 10.6. The quantitative estimate of drug-likeness (QED) is 0.591. The van der Waals surface area contributed by atoms with Crippen LogP contribution in [0.4, 0.5) is 0 Å². The Hall–Kier alpha value is -1.73. The summed E-state index contributed by atoms with van der Waals surface area (Å²) in [5.41, 5.74) is 4.16. The second-order valence-corrected chi connectivity index (χ2v) is 7.18. The lowest BCUT2D eigenvalue weighted by atomic mass is 9.89. The van der Waals surface area contributed by atoms with Crippen molar-refractivity contribution in [3.8, 4) is 12.8 Å². The zero-order chi connectivity index (χ0) is 21.1. The Morgan fingerprint density at radius 1 is 1.11 bits per heavy atom. The monoisotopic (exact) mass is 396 g/mol. The van der Waals surface area contributed by atoms with Gasteiger partial charge in [0, 0.05) is 5.02 Å². The molecule has 0 saturated carbocycles. The Bertz CT molecular complexity index is 727. The summed E-state index contributed by atoms with van der Waals surface area (Å²) in [5.74, 6) is 0.539. The van der Waals surface area contributed by atoms with Crippen molar-refractivity contribution in [1.82, 2.24) is 0 Å². The largest absolute Gasteiger partial charge is 0.394 e. The first kappa shape index (κ1) is 24.3. The van der Waals surface area contributed by atoms with Crippen molar-refractivity contribution in [1.29, 1.82) is 0 Å². The third kappa shape index (κ3) is 7.02. The zero-order valence-electron chi connectivity index (χ0n) is 17.1. The normalized spacial score (nSPS) is 20.9. The maximum Gasteiger partial charge on any atom is 0.113 e. The minimum Gasteiger partial charge on any atom is -0.394 e. The zero-order valence-corrected chi connectivity index (χ0v) is 17.8.